The molecule has 4 heteroatoms. The van der Waals surface area contributed by atoms with Crippen LogP contribution in [0.3, 0.4) is 0 Å². The maximum Gasteiger partial charge on any atom is 0.242 e. The van der Waals surface area contributed by atoms with Gasteiger partial charge in [0.05, 0.1) is 12.1 Å². The Bertz CT molecular complexity index is 235. The molecule has 0 unspecified atom stereocenters. The lowest BCUT2D eigenvalue weighted by Gasteiger charge is -2.32. The van der Waals surface area contributed by atoms with Gasteiger partial charge in [0, 0.05) is 19.7 Å². The van der Waals surface area contributed by atoms with Crippen molar-refractivity contribution in [3.05, 3.63) is 0 Å². The molecular formula is C12H24N2O2. The van der Waals surface area contributed by atoms with Crippen molar-refractivity contribution in [1.29, 1.82) is 0 Å². The van der Waals surface area contributed by atoms with Crippen LogP contribution in [-0.2, 0) is 9.53 Å². The lowest BCUT2D eigenvalue weighted by Crippen LogP contribution is -2.51. The van der Waals surface area contributed by atoms with Crippen LogP contribution in [0.2, 0.25) is 0 Å². The van der Waals surface area contributed by atoms with Crippen LogP contribution in [0.4, 0.5) is 0 Å². The van der Waals surface area contributed by atoms with E-state index in [0.29, 0.717) is 19.2 Å². The number of hydrogen-bond donors (Lipinski definition) is 1. The van der Waals surface area contributed by atoms with Gasteiger partial charge < -0.3 is 15.4 Å². The average molecular weight is 228 g/mol. The first-order valence-electron chi connectivity index (χ1n) is 6.18. The Kier molecular flexibility index (Phi) is 4.74. The highest BCUT2D eigenvalue weighted by Crippen LogP contribution is 2.35. The van der Waals surface area contributed by atoms with E-state index in [-0.39, 0.29) is 5.91 Å². The molecule has 1 aliphatic carbocycles. The largest absolute Gasteiger partial charge is 0.383 e. The van der Waals surface area contributed by atoms with Crippen molar-refractivity contribution in [3.8, 4) is 0 Å². The fraction of sp³-hybridized carbons (Fsp3) is 0.917. The van der Waals surface area contributed by atoms with Crippen molar-refractivity contribution in [1.82, 2.24) is 4.90 Å². The summed E-state index contributed by atoms with van der Waals surface area (Å²) in [6.45, 7) is 5.45. The first-order valence-corrected chi connectivity index (χ1v) is 6.18. The Morgan fingerprint density at radius 2 is 2.00 bits per heavy atom. The van der Waals surface area contributed by atoms with Gasteiger partial charge in [0.25, 0.3) is 0 Å². The normalized spacial score (nSPS) is 17.6. The van der Waals surface area contributed by atoms with Gasteiger partial charge in [-0.1, -0.05) is 13.8 Å². The number of hydrogen-bond acceptors (Lipinski definition) is 3. The van der Waals surface area contributed by atoms with Crippen molar-refractivity contribution >= 4 is 5.91 Å². The maximum atomic E-state index is 12.2. The Hall–Kier alpha value is -0.610. The number of carbonyl (C=O) groups excluding carboxylic acids is 1. The van der Waals surface area contributed by atoms with Crippen molar-refractivity contribution in [2.45, 2.75) is 51.1 Å². The van der Waals surface area contributed by atoms with Crippen LogP contribution in [0.5, 0.6) is 0 Å². The van der Waals surface area contributed by atoms with E-state index >= 15 is 0 Å². The van der Waals surface area contributed by atoms with E-state index in [4.69, 9.17) is 10.5 Å². The molecule has 0 spiro atoms. The lowest BCUT2D eigenvalue weighted by atomic mass is 10.1. The van der Waals surface area contributed by atoms with E-state index in [1.54, 1.807) is 7.11 Å². The van der Waals surface area contributed by atoms with E-state index in [2.05, 4.69) is 13.8 Å². The predicted octanol–water partition coefficient (Wildman–Crippen LogP) is 1.14. The van der Waals surface area contributed by atoms with Gasteiger partial charge in [-0.05, 0) is 25.7 Å². The molecule has 1 aliphatic rings. The Morgan fingerprint density at radius 1 is 1.44 bits per heavy atom. The Morgan fingerprint density at radius 3 is 2.38 bits per heavy atom. The second-order valence-corrected chi connectivity index (χ2v) is 4.62. The minimum absolute atomic E-state index is 0.109. The number of nitrogens with zero attached hydrogens (tertiary/aromatic N) is 1. The molecule has 4 nitrogen and oxygen atoms in total. The van der Waals surface area contributed by atoms with Gasteiger partial charge >= 0.3 is 0 Å². The van der Waals surface area contributed by atoms with Crippen molar-refractivity contribution < 1.29 is 9.53 Å². The summed E-state index contributed by atoms with van der Waals surface area (Å²) in [6, 6.07) is 0.295. The summed E-state index contributed by atoms with van der Waals surface area (Å²) in [5, 5.41) is 0. The van der Waals surface area contributed by atoms with Crippen LogP contribution in [-0.4, -0.2) is 42.6 Å². The SMILES string of the molecule is CCC(CC)N(CCOC)C(=O)C1(N)CC1. The fourth-order valence-electron chi connectivity index (χ4n) is 2.00. The van der Waals surface area contributed by atoms with E-state index in [9.17, 15) is 4.79 Å². The monoisotopic (exact) mass is 228 g/mol. The second-order valence-electron chi connectivity index (χ2n) is 4.62. The predicted molar refractivity (Wildman–Crippen MR) is 64.1 cm³/mol. The van der Waals surface area contributed by atoms with E-state index in [1.165, 1.54) is 0 Å². The lowest BCUT2D eigenvalue weighted by molar-refractivity contribution is -0.136. The van der Waals surface area contributed by atoms with Gasteiger partial charge in [0.15, 0.2) is 0 Å². The zero-order valence-corrected chi connectivity index (χ0v) is 10.7. The summed E-state index contributed by atoms with van der Waals surface area (Å²) in [5.74, 6) is 0.109. The zero-order chi connectivity index (χ0) is 12.2. The second kappa shape index (κ2) is 5.64. The van der Waals surface area contributed by atoms with E-state index < -0.39 is 5.54 Å². The van der Waals surface area contributed by atoms with Crippen LogP contribution < -0.4 is 5.73 Å². The third kappa shape index (κ3) is 2.95. The van der Waals surface area contributed by atoms with Gasteiger partial charge in [-0.3, -0.25) is 4.79 Å². The third-order valence-electron chi connectivity index (χ3n) is 3.40. The number of amides is 1. The highest BCUT2D eigenvalue weighted by Gasteiger charge is 2.48. The number of ether oxygens (including phenoxy) is 1. The van der Waals surface area contributed by atoms with Crippen LogP contribution in [0, 0.1) is 0 Å². The first-order chi connectivity index (χ1) is 7.59. The van der Waals surface area contributed by atoms with Crippen molar-refractivity contribution in [2.24, 2.45) is 5.73 Å². The molecule has 0 atom stereocenters. The summed E-state index contributed by atoms with van der Waals surface area (Å²) in [5.41, 5.74) is 5.42. The summed E-state index contributed by atoms with van der Waals surface area (Å²) in [4.78, 5) is 14.2. The standard InChI is InChI=1S/C12H24N2O2/c1-4-10(5-2)14(8-9-16-3)11(15)12(13)6-7-12/h10H,4-9,13H2,1-3H3. The van der Waals surface area contributed by atoms with Crippen molar-refractivity contribution in [3.63, 3.8) is 0 Å². The third-order valence-corrected chi connectivity index (χ3v) is 3.40. The van der Waals surface area contributed by atoms with Crippen molar-refractivity contribution in [2.75, 3.05) is 20.3 Å². The zero-order valence-electron chi connectivity index (χ0n) is 10.7. The highest BCUT2D eigenvalue weighted by atomic mass is 16.5. The molecule has 0 heterocycles. The number of nitrogens with two attached hydrogens (primary N) is 1. The topological polar surface area (TPSA) is 55.6 Å². The molecule has 94 valence electrons. The molecule has 1 rings (SSSR count). The quantitative estimate of drug-likeness (QED) is 0.711. The molecule has 0 bridgehead atoms. The molecule has 0 aromatic heterocycles. The number of carbonyl (C=O) groups is 1. The molecule has 0 aliphatic heterocycles. The molecule has 2 N–H and O–H groups in total. The summed E-state index contributed by atoms with van der Waals surface area (Å²) < 4.78 is 5.06. The minimum atomic E-state index is -0.559. The Balaban J connectivity index is 2.65. The van der Waals surface area contributed by atoms with Gasteiger partial charge in [0.2, 0.25) is 5.91 Å². The molecular weight excluding hydrogens is 204 g/mol. The van der Waals surface area contributed by atoms with Gasteiger partial charge in [-0.25, -0.2) is 0 Å². The van der Waals surface area contributed by atoms with Crippen LogP contribution in [0.1, 0.15) is 39.5 Å². The minimum Gasteiger partial charge on any atom is -0.383 e. The van der Waals surface area contributed by atoms with Gasteiger partial charge in [-0.2, -0.15) is 0 Å². The maximum absolute atomic E-state index is 12.2. The summed E-state index contributed by atoms with van der Waals surface area (Å²) in [6.07, 6.45) is 3.61. The van der Waals surface area contributed by atoms with Crippen LogP contribution in [0.15, 0.2) is 0 Å². The average Bonchev–Trinajstić information content (AvgIpc) is 3.03. The molecule has 0 aromatic rings. The molecule has 1 amide bonds. The summed E-state index contributed by atoms with van der Waals surface area (Å²) >= 11 is 0. The van der Waals surface area contributed by atoms with Gasteiger partial charge in [-0.15, -0.1) is 0 Å². The van der Waals surface area contributed by atoms with E-state index in [0.717, 1.165) is 25.7 Å². The molecule has 1 saturated carbocycles. The first kappa shape index (κ1) is 13.5. The molecule has 0 saturated heterocycles. The Labute approximate surface area is 98.1 Å². The summed E-state index contributed by atoms with van der Waals surface area (Å²) in [7, 11) is 1.66. The number of methoxy groups -OCH3 is 1. The van der Waals surface area contributed by atoms with E-state index in [1.807, 2.05) is 4.90 Å². The fourth-order valence-corrected chi connectivity index (χ4v) is 2.00. The molecule has 0 radical (unpaired) electrons. The molecule has 16 heavy (non-hydrogen) atoms. The van der Waals surface area contributed by atoms with Gasteiger partial charge in [0.1, 0.15) is 0 Å². The number of rotatable bonds is 7. The van der Waals surface area contributed by atoms with Crippen LogP contribution >= 0.6 is 0 Å². The highest BCUT2D eigenvalue weighted by molar-refractivity contribution is 5.89. The molecule has 0 aromatic carbocycles. The molecule has 1 fully saturated rings. The van der Waals surface area contributed by atoms with Crippen LogP contribution in [0.25, 0.3) is 0 Å². The smallest absolute Gasteiger partial charge is 0.242 e.